The predicted octanol–water partition coefficient (Wildman–Crippen LogP) is 2.42. The molecule has 1 heterocycles. The van der Waals surface area contributed by atoms with Crippen molar-refractivity contribution in [2.24, 2.45) is 4.99 Å². The van der Waals surface area contributed by atoms with Gasteiger partial charge in [-0.25, -0.2) is 9.79 Å². The number of carbonyl (C=O) groups excluding carboxylic acids is 1. The molecule has 128 valence electrons. The van der Waals surface area contributed by atoms with E-state index in [-0.39, 0.29) is 12.3 Å². The van der Waals surface area contributed by atoms with Gasteiger partial charge in [-0.15, -0.1) is 0 Å². The number of esters is 1. The molecule has 0 bridgehead atoms. The van der Waals surface area contributed by atoms with E-state index in [1.807, 2.05) is 0 Å². The lowest BCUT2D eigenvalue weighted by Crippen LogP contribution is -2.38. The Morgan fingerprint density at radius 1 is 1.38 bits per heavy atom. The number of benzene rings is 1. The molecule has 1 aromatic carbocycles. The van der Waals surface area contributed by atoms with Crippen LogP contribution in [0.4, 0.5) is 5.69 Å². The van der Waals surface area contributed by atoms with E-state index in [2.05, 4.69) is 4.99 Å². The fourth-order valence-corrected chi connectivity index (χ4v) is 2.61. The fourth-order valence-electron chi connectivity index (χ4n) is 2.61. The van der Waals surface area contributed by atoms with Crippen LogP contribution in [0.1, 0.15) is 25.5 Å². The first-order valence-corrected chi connectivity index (χ1v) is 7.38. The molecule has 0 saturated carbocycles. The number of nitrogens with zero attached hydrogens (tertiary/aromatic N) is 3. The standard InChI is InChI=1S/C16H19N3O5/c1-5-24-15(20)13-10(2)17-16(23-4)18(3)14(13)11-6-8-12(9-7-11)19(21)22/h6-9,14H,5H2,1-4H3. The number of nitro benzene ring substituents is 1. The minimum absolute atomic E-state index is 0.0174. The molecule has 2 rings (SSSR count). The van der Waals surface area contributed by atoms with Crippen LogP contribution in [0.3, 0.4) is 0 Å². The number of carbonyl (C=O) groups is 1. The van der Waals surface area contributed by atoms with Crippen LogP contribution in [0.25, 0.3) is 0 Å². The van der Waals surface area contributed by atoms with Crippen molar-refractivity contribution in [3.8, 4) is 0 Å². The minimum atomic E-state index is -0.502. The van der Waals surface area contributed by atoms with Gasteiger partial charge in [-0.05, 0) is 31.5 Å². The van der Waals surface area contributed by atoms with Gasteiger partial charge in [0.15, 0.2) is 0 Å². The third-order valence-corrected chi connectivity index (χ3v) is 3.71. The zero-order valence-electron chi connectivity index (χ0n) is 14.0. The molecule has 24 heavy (non-hydrogen) atoms. The lowest BCUT2D eigenvalue weighted by molar-refractivity contribution is -0.384. The Labute approximate surface area is 139 Å². The van der Waals surface area contributed by atoms with E-state index >= 15 is 0 Å². The summed E-state index contributed by atoms with van der Waals surface area (Å²) in [5.74, 6) is -0.468. The normalized spacial score (nSPS) is 17.4. The Morgan fingerprint density at radius 3 is 2.50 bits per heavy atom. The second-order valence-electron chi connectivity index (χ2n) is 5.18. The van der Waals surface area contributed by atoms with E-state index in [1.54, 1.807) is 37.9 Å². The molecule has 0 aliphatic carbocycles. The molecule has 0 saturated heterocycles. The lowest BCUT2D eigenvalue weighted by atomic mass is 9.94. The molecule has 8 heteroatoms. The summed E-state index contributed by atoms with van der Waals surface area (Å²) in [4.78, 5) is 28.7. The number of non-ortho nitro benzene ring substituents is 1. The summed E-state index contributed by atoms with van der Waals surface area (Å²) in [5, 5.41) is 10.8. The highest BCUT2D eigenvalue weighted by atomic mass is 16.6. The predicted molar refractivity (Wildman–Crippen MR) is 87.4 cm³/mol. The van der Waals surface area contributed by atoms with E-state index in [1.165, 1.54) is 19.2 Å². The van der Waals surface area contributed by atoms with Crippen molar-refractivity contribution in [2.75, 3.05) is 20.8 Å². The van der Waals surface area contributed by atoms with Crippen LogP contribution in [0, 0.1) is 10.1 Å². The Morgan fingerprint density at radius 2 is 2.00 bits per heavy atom. The molecule has 0 radical (unpaired) electrons. The van der Waals surface area contributed by atoms with Crippen molar-refractivity contribution in [1.82, 2.24) is 4.90 Å². The number of methoxy groups -OCH3 is 1. The molecule has 0 fully saturated rings. The molecule has 1 atom stereocenters. The molecule has 0 aromatic heterocycles. The van der Waals surface area contributed by atoms with Crippen LogP contribution < -0.4 is 0 Å². The number of ether oxygens (including phenoxy) is 2. The monoisotopic (exact) mass is 333 g/mol. The quantitative estimate of drug-likeness (QED) is 0.477. The van der Waals surface area contributed by atoms with Crippen LogP contribution in [-0.2, 0) is 14.3 Å². The van der Waals surface area contributed by atoms with Crippen LogP contribution in [0.2, 0.25) is 0 Å². The van der Waals surface area contributed by atoms with Gasteiger partial charge in [0.2, 0.25) is 0 Å². The van der Waals surface area contributed by atoms with E-state index in [0.29, 0.717) is 22.9 Å². The van der Waals surface area contributed by atoms with Crippen LogP contribution in [-0.4, -0.2) is 42.6 Å². The van der Waals surface area contributed by atoms with Crippen LogP contribution in [0.15, 0.2) is 40.5 Å². The number of amidine groups is 1. The Balaban J connectivity index is 2.52. The van der Waals surface area contributed by atoms with Gasteiger partial charge in [-0.1, -0.05) is 0 Å². The number of nitro groups is 1. The zero-order chi connectivity index (χ0) is 17.9. The molecular formula is C16H19N3O5. The minimum Gasteiger partial charge on any atom is -0.468 e. The van der Waals surface area contributed by atoms with E-state index < -0.39 is 16.9 Å². The summed E-state index contributed by atoms with van der Waals surface area (Å²) in [6.07, 6.45) is 0. The summed E-state index contributed by atoms with van der Waals surface area (Å²) in [6, 6.07) is 5.88. The molecule has 1 aliphatic heterocycles. The van der Waals surface area contributed by atoms with Gasteiger partial charge in [0.05, 0.1) is 36.0 Å². The van der Waals surface area contributed by atoms with Gasteiger partial charge in [0.1, 0.15) is 0 Å². The summed E-state index contributed by atoms with van der Waals surface area (Å²) in [7, 11) is 3.23. The van der Waals surface area contributed by atoms with Gasteiger partial charge < -0.3 is 14.4 Å². The van der Waals surface area contributed by atoms with Crippen molar-refractivity contribution < 1.29 is 19.2 Å². The third-order valence-electron chi connectivity index (χ3n) is 3.71. The van der Waals surface area contributed by atoms with Crippen molar-refractivity contribution in [3.05, 3.63) is 51.2 Å². The number of allylic oxidation sites excluding steroid dienone is 1. The Hall–Kier alpha value is -2.90. The number of likely N-dealkylation sites (N-methyl/N-ethyl adjacent to an activating group) is 1. The first-order chi connectivity index (χ1) is 11.4. The maximum absolute atomic E-state index is 12.4. The summed E-state index contributed by atoms with van der Waals surface area (Å²) in [6.45, 7) is 3.68. The van der Waals surface area contributed by atoms with E-state index in [4.69, 9.17) is 9.47 Å². The number of hydrogen-bond acceptors (Lipinski definition) is 7. The molecule has 1 aliphatic rings. The molecule has 1 aromatic rings. The molecule has 1 unspecified atom stereocenters. The first kappa shape index (κ1) is 17.5. The summed E-state index contributed by atoms with van der Waals surface area (Å²) < 4.78 is 10.4. The third kappa shape index (κ3) is 3.22. The Kier molecular flexibility index (Phi) is 5.18. The number of hydrogen-bond donors (Lipinski definition) is 0. The average Bonchev–Trinajstić information content (AvgIpc) is 2.56. The smallest absolute Gasteiger partial charge is 0.338 e. The molecule has 8 nitrogen and oxygen atoms in total. The SMILES string of the molecule is CCOC(=O)C1=C(C)N=C(OC)N(C)C1c1ccc([N+](=O)[O-])cc1. The van der Waals surface area contributed by atoms with Gasteiger partial charge in [0, 0.05) is 19.2 Å². The van der Waals surface area contributed by atoms with Gasteiger partial charge in [-0.2, -0.15) is 0 Å². The van der Waals surface area contributed by atoms with Gasteiger partial charge in [0.25, 0.3) is 11.7 Å². The number of aliphatic imine (C=N–C) groups is 1. The van der Waals surface area contributed by atoms with Crippen molar-refractivity contribution >= 4 is 17.7 Å². The maximum atomic E-state index is 12.4. The highest BCUT2D eigenvalue weighted by Crippen LogP contribution is 2.35. The Bertz CT molecular complexity index is 709. The highest BCUT2D eigenvalue weighted by Gasteiger charge is 2.35. The van der Waals surface area contributed by atoms with Crippen LogP contribution >= 0.6 is 0 Å². The van der Waals surface area contributed by atoms with Gasteiger partial charge in [-0.3, -0.25) is 10.1 Å². The van der Waals surface area contributed by atoms with Crippen molar-refractivity contribution in [3.63, 3.8) is 0 Å². The molecule has 0 spiro atoms. The van der Waals surface area contributed by atoms with Gasteiger partial charge >= 0.3 is 5.97 Å². The molecule has 0 N–H and O–H groups in total. The number of rotatable bonds is 4. The van der Waals surface area contributed by atoms with Crippen molar-refractivity contribution in [1.29, 1.82) is 0 Å². The largest absolute Gasteiger partial charge is 0.468 e. The van der Waals surface area contributed by atoms with Crippen LogP contribution in [0.5, 0.6) is 0 Å². The maximum Gasteiger partial charge on any atom is 0.338 e. The highest BCUT2D eigenvalue weighted by molar-refractivity contribution is 5.94. The second kappa shape index (κ2) is 7.12. The van der Waals surface area contributed by atoms with Crippen molar-refractivity contribution in [2.45, 2.75) is 19.9 Å². The first-order valence-electron chi connectivity index (χ1n) is 7.38. The lowest BCUT2D eigenvalue weighted by Gasteiger charge is -2.34. The zero-order valence-corrected chi connectivity index (χ0v) is 14.0. The van der Waals surface area contributed by atoms with E-state index in [0.717, 1.165) is 0 Å². The summed E-state index contributed by atoms with van der Waals surface area (Å²) >= 11 is 0. The topological polar surface area (TPSA) is 94.3 Å². The average molecular weight is 333 g/mol. The fraction of sp³-hybridized carbons (Fsp3) is 0.375. The molecular weight excluding hydrogens is 314 g/mol. The van der Waals surface area contributed by atoms with E-state index in [9.17, 15) is 14.9 Å². The summed E-state index contributed by atoms with van der Waals surface area (Å²) in [5.41, 5.74) is 1.56. The second-order valence-corrected chi connectivity index (χ2v) is 5.18. The molecule has 0 amide bonds.